The number of hydrogen-bond acceptors (Lipinski definition) is 5. The number of fused-ring (bicyclic) bond motifs is 1. The zero-order valence-electron chi connectivity index (χ0n) is 11.9. The van der Waals surface area contributed by atoms with E-state index in [0.29, 0.717) is 12.2 Å². The van der Waals surface area contributed by atoms with Gasteiger partial charge in [-0.25, -0.2) is 8.42 Å². The molecule has 2 aromatic rings. The lowest BCUT2D eigenvalue weighted by Crippen LogP contribution is -2.33. The molecule has 1 fully saturated rings. The largest absolute Gasteiger partial charge is 0.743 e. The van der Waals surface area contributed by atoms with Crippen molar-refractivity contribution in [3.63, 3.8) is 0 Å². The van der Waals surface area contributed by atoms with Gasteiger partial charge < -0.3 is 14.0 Å². The predicted molar refractivity (Wildman–Crippen MR) is 76.9 cm³/mol. The van der Waals surface area contributed by atoms with Crippen LogP contribution in [0.25, 0.3) is 10.8 Å². The van der Waals surface area contributed by atoms with Crippen LogP contribution in [0.5, 0.6) is 0 Å². The third-order valence-electron chi connectivity index (χ3n) is 3.54. The standard InChI is InChI=1S/C15H14F2O5S/c16-15(17,23(18,19)20)9-21-7-10-1-2-12-6-13(14-8-22-14)4-3-11(12)5-10/h1-6,14H,7-9H2,(H,18,19,20)/p-1. The molecular formula is C15H13F2O5S-. The fourth-order valence-electron chi connectivity index (χ4n) is 2.20. The number of benzene rings is 2. The van der Waals surface area contributed by atoms with Gasteiger partial charge in [-0.2, -0.15) is 8.78 Å². The Hall–Kier alpha value is -1.61. The maximum Gasteiger partial charge on any atom is 0.357 e. The van der Waals surface area contributed by atoms with Crippen LogP contribution < -0.4 is 0 Å². The Morgan fingerprint density at radius 2 is 1.87 bits per heavy atom. The third-order valence-corrected chi connectivity index (χ3v) is 4.39. The molecule has 3 rings (SSSR count). The fourth-order valence-corrected chi connectivity index (χ4v) is 2.43. The average Bonchev–Trinajstić information content (AvgIpc) is 3.30. The van der Waals surface area contributed by atoms with Gasteiger partial charge in [0.05, 0.1) is 13.2 Å². The van der Waals surface area contributed by atoms with Gasteiger partial charge in [-0.3, -0.25) is 0 Å². The van der Waals surface area contributed by atoms with E-state index in [1.807, 2.05) is 24.3 Å². The highest BCUT2D eigenvalue weighted by Crippen LogP contribution is 2.32. The van der Waals surface area contributed by atoms with Crippen LogP contribution in [-0.4, -0.2) is 31.4 Å². The summed E-state index contributed by atoms with van der Waals surface area (Å²) in [5.41, 5.74) is 1.69. The van der Waals surface area contributed by atoms with Gasteiger partial charge in [0.1, 0.15) is 12.7 Å². The van der Waals surface area contributed by atoms with Crippen molar-refractivity contribution in [2.75, 3.05) is 13.2 Å². The molecule has 1 aliphatic rings. The van der Waals surface area contributed by atoms with Gasteiger partial charge in [0.15, 0.2) is 10.1 Å². The normalized spacial score (nSPS) is 18.3. The van der Waals surface area contributed by atoms with Crippen LogP contribution in [0.1, 0.15) is 17.2 Å². The summed E-state index contributed by atoms with van der Waals surface area (Å²) in [7, 11) is -5.72. The van der Waals surface area contributed by atoms with Crippen molar-refractivity contribution in [3.05, 3.63) is 47.5 Å². The molecule has 1 aliphatic heterocycles. The Labute approximate surface area is 131 Å². The van der Waals surface area contributed by atoms with Gasteiger partial charge in [-0.15, -0.1) is 0 Å². The minimum atomic E-state index is -5.72. The minimum absolute atomic E-state index is 0.152. The molecule has 0 radical (unpaired) electrons. The number of alkyl halides is 2. The van der Waals surface area contributed by atoms with E-state index in [0.717, 1.165) is 16.3 Å². The molecule has 8 heteroatoms. The van der Waals surface area contributed by atoms with E-state index in [4.69, 9.17) is 4.74 Å². The fraction of sp³-hybridized carbons (Fsp3) is 0.333. The molecule has 1 saturated heterocycles. The van der Waals surface area contributed by atoms with Gasteiger partial charge in [0.2, 0.25) is 0 Å². The summed E-state index contributed by atoms with van der Waals surface area (Å²) >= 11 is 0. The molecule has 1 atom stereocenters. The van der Waals surface area contributed by atoms with Crippen molar-refractivity contribution < 1.29 is 31.2 Å². The van der Waals surface area contributed by atoms with Crippen molar-refractivity contribution in [1.82, 2.24) is 0 Å². The zero-order valence-corrected chi connectivity index (χ0v) is 12.7. The summed E-state index contributed by atoms with van der Waals surface area (Å²) in [6.07, 6.45) is 0.152. The first-order valence-corrected chi connectivity index (χ1v) is 8.22. The second kappa shape index (κ2) is 5.79. The van der Waals surface area contributed by atoms with E-state index >= 15 is 0 Å². The summed E-state index contributed by atoms with van der Waals surface area (Å²) in [5, 5.41) is -2.55. The lowest BCUT2D eigenvalue weighted by molar-refractivity contribution is -0.0270. The Morgan fingerprint density at radius 3 is 2.52 bits per heavy atom. The molecule has 0 spiro atoms. The lowest BCUT2D eigenvalue weighted by Gasteiger charge is -2.19. The number of epoxide rings is 1. The Morgan fingerprint density at radius 1 is 1.22 bits per heavy atom. The predicted octanol–water partition coefficient (Wildman–Crippen LogP) is 2.57. The number of rotatable bonds is 6. The lowest BCUT2D eigenvalue weighted by atomic mass is 10.0. The number of hydrogen-bond donors (Lipinski definition) is 0. The van der Waals surface area contributed by atoms with Crippen molar-refractivity contribution in [1.29, 1.82) is 0 Å². The van der Waals surface area contributed by atoms with E-state index in [9.17, 15) is 21.8 Å². The quantitative estimate of drug-likeness (QED) is 0.595. The SMILES string of the molecule is O=S(=O)([O-])C(F)(F)COCc1ccc2cc(C3CO3)ccc2c1. The van der Waals surface area contributed by atoms with Crippen LogP contribution in [0.2, 0.25) is 0 Å². The van der Waals surface area contributed by atoms with Gasteiger partial charge in [0.25, 0.3) is 0 Å². The van der Waals surface area contributed by atoms with Crippen LogP contribution in [-0.2, 0) is 26.2 Å². The highest BCUT2D eigenvalue weighted by Gasteiger charge is 2.37. The zero-order chi connectivity index (χ0) is 16.7. The minimum Gasteiger partial charge on any atom is -0.743 e. The maximum absolute atomic E-state index is 13.0. The molecule has 0 N–H and O–H groups in total. The first kappa shape index (κ1) is 16.3. The molecule has 0 saturated carbocycles. The summed E-state index contributed by atoms with van der Waals surface area (Å²) in [6, 6.07) is 11.1. The maximum atomic E-state index is 13.0. The molecule has 1 heterocycles. The van der Waals surface area contributed by atoms with Crippen molar-refractivity contribution in [2.24, 2.45) is 0 Å². The molecule has 5 nitrogen and oxygen atoms in total. The van der Waals surface area contributed by atoms with Crippen molar-refractivity contribution in [2.45, 2.75) is 18.0 Å². The van der Waals surface area contributed by atoms with Crippen molar-refractivity contribution in [3.8, 4) is 0 Å². The van der Waals surface area contributed by atoms with Crippen LogP contribution in [0.3, 0.4) is 0 Å². The third kappa shape index (κ3) is 3.66. The summed E-state index contributed by atoms with van der Waals surface area (Å²) in [4.78, 5) is 0. The smallest absolute Gasteiger partial charge is 0.357 e. The second-order valence-electron chi connectivity index (χ2n) is 5.35. The molecule has 0 aromatic heterocycles. The number of halogens is 2. The van der Waals surface area contributed by atoms with Gasteiger partial charge in [-0.1, -0.05) is 24.3 Å². The van der Waals surface area contributed by atoms with Gasteiger partial charge >= 0.3 is 5.25 Å². The van der Waals surface area contributed by atoms with Crippen LogP contribution in [0.4, 0.5) is 8.78 Å². The van der Waals surface area contributed by atoms with E-state index in [1.165, 1.54) is 0 Å². The summed E-state index contributed by atoms with van der Waals surface area (Å²) in [6.45, 7) is -0.961. The van der Waals surface area contributed by atoms with Crippen LogP contribution in [0.15, 0.2) is 36.4 Å². The summed E-state index contributed by atoms with van der Waals surface area (Å²) in [5.74, 6) is 0. The number of ether oxygens (including phenoxy) is 2. The first-order valence-electron chi connectivity index (χ1n) is 6.81. The molecule has 0 aliphatic carbocycles. The molecule has 0 amide bonds. The molecule has 0 bridgehead atoms. The molecule has 23 heavy (non-hydrogen) atoms. The highest BCUT2D eigenvalue weighted by atomic mass is 32.2. The molecular weight excluding hydrogens is 330 g/mol. The Kier molecular flexibility index (Phi) is 4.09. The van der Waals surface area contributed by atoms with E-state index < -0.39 is 22.0 Å². The topological polar surface area (TPSA) is 79.0 Å². The van der Waals surface area contributed by atoms with Gasteiger partial charge in [0, 0.05) is 0 Å². The van der Waals surface area contributed by atoms with Crippen LogP contribution >= 0.6 is 0 Å². The first-order chi connectivity index (χ1) is 10.8. The Balaban J connectivity index is 1.68. The average molecular weight is 343 g/mol. The van der Waals surface area contributed by atoms with E-state index in [1.54, 1.807) is 12.1 Å². The molecule has 1 unspecified atom stereocenters. The van der Waals surface area contributed by atoms with Crippen molar-refractivity contribution >= 4 is 20.9 Å². The molecule has 2 aromatic carbocycles. The molecule has 124 valence electrons. The highest BCUT2D eigenvalue weighted by molar-refractivity contribution is 7.86. The Bertz CT molecular complexity index is 831. The summed E-state index contributed by atoms with van der Waals surface area (Å²) < 4.78 is 66.9. The van der Waals surface area contributed by atoms with E-state index in [2.05, 4.69) is 4.74 Å². The van der Waals surface area contributed by atoms with Crippen LogP contribution in [0, 0.1) is 0 Å². The second-order valence-corrected chi connectivity index (χ2v) is 6.85. The van der Waals surface area contributed by atoms with Gasteiger partial charge in [-0.05, 0) is 34.0 Å². The monoisotopic (exact) mass is 343 g/mol. The van der Waals surface area contributed by atoms with E-state index in [-0.39, 0.29) is 12.7 Å².